The molecule has 1 saturated heterocycles. The fourth-order valence-corrected chi connectivity index (χ4v) is 4.93. The maximum Gasteiger partial charge on any atom is 0.243 e. The highest BCUT2D eigenvalue weighted by molar-refractivity contribution is 7.89. The van der Waals surface area contributed by atoms with Crippen LogP contribution in [0.25, 0.3) is 0 Å². The number of likely N-dealkylation sites (N-methyl/N-ethyl adjacent to an activating group) is 1. The van der Waals surface area contributed by atoms with Gasteiger partial charge in [0.15, 0.2) is 0 Å². The van der Waals surface area contributed by atoms with Crippen molar-refractivity contribution in [2.75, 3.05) is 51.0 Å². The summed E-state index contributed by atoms with van der Waals surface area (Å²) < 4.78 is 31.7. The average molecular weight is 461 g/mol. The summed E-state index contributed by atoms with van der Waals surface area (Å²) >= 11 is 0. The van der Waals surface area contributed by atoms with E-state index >= 15 is 0 Å². The number of methoxy groups -OCH3 is 1. The Hall–Kier alpha value is -2.95. The number of carbonyl (C=O) groups is 2. The second-order valence-corrected chi connectivity index (χ2v) is 9.57. The van der Waals surface area contributed by atoms with Gasteiger partial charge >= 0.3 is 0 Å². The number of nitrogens with zero attached hydrogens (tertiary/aromatic N) is 2. The van der Waals surface area contributed by atoms with E-state index in [1.165, 1.54) is 16.4 Å². The van der Waals surface area contributed by atoms with Crippen molar-refractivity contribution in [3.8, 4) is 5.75 Å². The van der Waals surface area contributed by atoms with Crippen LogP contribution in [0.2, 0.25) is 0 Å². The van der Waals surface area contributed by atoms with Crippen LogP contribution in [0.4, 0.5) is 11.4 Å². The molecule has 0 bridgehead atoms. The zero-order valence-corrected chi connectivity index (χ0v) is 19.0. The highest BCUT2D eigenvalue weighted by Gasteiger charge is 2.26. The SMILES string of the molecule is COc1ccc(NC(=O)CN(C)CC(=O)Nc2ccc(S(=O)(=O)N3CCCC3)cc2)cc1. The fourth-order valence-electron chi connectivity index (χ4n) is 3.41. The predicted molar refractivity (Wildman–Crippen MR) is 122 cm³/mol. The van der Waals surface area contributed by atoms with Crippen molar-refractivity contribution >= 4 is 33.2 Å². The number of carbonyl (C=O) groups excluding carboxylic acids is 2. The fraction of sp³-hybridized carbons (Fsp3) is 0.364. The molecule has 1 aliphatic heterocycles. The van der Waals surface area contributed by atoms with E-state index in [9.17, 15) is 18.0 Å². The number of hydrogen-bond donors (Lipinski definition) is 2. The quantitative estimate of drug-likeness (QED) is 0.593. The van der Waals surface area contributed by atoms with Crippen LogP contribution in [0.15, 0.2) is 53.4 Å². The first-order valence-corrected chi connectivity index (χ1v) is 11.7. The highest BCUT2D eigenvalue weighted by atomic mass is 32.2. The first-order valence-electron chi connectivity index (χ1n) is 10.3. The van der Waals surface area contributed by atoms with E-state index in [1.54, 1.807) is 55.5 Å². The van der Waals surface area contributed by atoms with Crippen LogP contribution < -0.4 is 15.4 Å². The van der Waals surface area contributed by atoms with E-state index in [-0.39, 0.29) is 29.8 Å². The molecule has 2 aromatic rings. The van der Waals surface area contributed by atoms with Gasteiger partial charge in [0.05, 0.1) is 25.1 Å². The van der Waals surface area contributed by atoms with E-state index < -0.39 is 10.0 Å². The normalized spacial score (nSPS) is 14.3. The van der Waals surface area contributed by atoms with Gasteiger partial charge < -0.3 is 15.4 Å². The molecule has 1 aliphatic rings. The van der Waals surface area contributed by atoms with E-state index in [2.05, 4.69) is 10.6 Å². The minimum absolute atomic E-state index is 0.00383. The second-order valence-electron chi connectivity index (χ2n) is 7.63. The van der Waals surface area contributed by atoms with Crippen LogP contribution >= 0.6 is 0 Å². The van der Waals surface area contributed by atoms with Gasteiger partial charge in [-0.05, 0) is 68.4 Å². The molecule has 172 valence electrons. The zero-order valence-electron chi connectivity index (χ0n) is 18.2. The van der Waals surface area contributed by atoms with Gasteiger partial charge in [-0.1, -0.05) is 0 Å². The van der Waals surface area contributed by atoms with Gasteiger partial charge in [-0.3, -0.25) is 14.5 Å². The Morgan fingerprint density at radius 2 is 1.38 bits per heavy atom. The number of ether oxygens (including phenoxy) is 1. The Morgan fingerprint density at radius 1 is 0.906 bits per heavy atom. The molecule has 1 fully saturated rings. The summed E-state index contributed by atoms with van der Waals surface area (Å²) in [5.41, 5.74) is 1.13. The number of amides is 2. The lowest BCUT2D eigenvalue weighted by atomic mass is 10.3. The maximum absolute atomic E-state index is 12.6. The third kappa shape index (κ3) is 6.28. The zero-order chi connectivity index (χ0) is 23.1. The Kier molecular flexibility index (Phi) is 7.84. The van der Waals surface area contributed by atoms with Crippen LogP contribution in [0.5, 0.6) is 5.75 Å². The number of hydrogen-bond acceptors (Lipinski definition) is 6. The molecule has 0 unspecified atom stereocenters. The second kappa shape index (κ2) is 10.6. The molecule has 0 spiro atoms. The van der Waals surface area contributed by atoms with Crippen molar-refractivity contribution in [2.45, 2.75) is 17.7 Å². The van der Waals surface area contributed by atoms with Crippen molar-refractivity contribution in [3.63, 3.8) is 0 Å². The lowest BCUT2D eigenvalue weighted by molar-refractivity contribution is -0.119. The van der Waals surface area contributed by atoms with Gasteiger partial charge in [-0.25, -0.2) is 8.42 Å². The van der Waals surface area contributed by atoms with Crippen LogP contribution in [-0.4, -0.2) is 69.8 Å². The van der Waals surface area contributed by atoms with E-state index in [0.717, 1.165) is 12.8 Å². The molecule has 0 saturated carbocycles. The van der Waals surface area contributed by atoms with Crippen molar-refractivity contribution in [3.05, 3.63) is 48.5 Å². The van der Waals surface area contributed by atoms with Crippen molar-refractivity contribution in [1.29, 1.82) is 0 Å². The molecule has 0 aromatic heterocycles. The molecule has 2 aromatic carbocycles. The molecule has 10 heteroatoms. The van der Waals surface area contributed by atoms with Gasteiger partial charge in [0.25, 0.3) is 0 Å². The Bertz CT molecular complexity index is 1030. The lowest BCUT2D eigenvalue weighted by Gasteiger charge is -2.17. The van der Waals surface area contributed by atoms with Gasteiger partial charge in [-0.15, -0.1) is 0 Å². The molecule has 0 atom stereocenters. The molecule has 3 rings (SSSR count). The molecule has 0 radical (unpaired) electrons. The number of sulfonamides is 1. The van der Waals surface area contributed by atoms with E-state index in [1.807, 2.05) is 0 Å². The topological polar surface area (TPSA) is 108 Å². The molecule has 2 amide bonds. The summed E-state index contributed by atoms with van der Waals surface area (Å²) in [5, 5.41) is 5.48. The first kappa shape index (κ1) is 23.7. The number of anilines is 2. The third-order valence-electron chi connectivity index (χ3n) is 5.04. The minimum Gasteiger partial charge on any atom is -0.497 e. The molecule has 9 nitrogen and oxygen atoms in total. The third-order valence-corrected chi connectivity index (χ3v) is 6.95. The van der Waals surface area contributed by atoms with E-state index in [0.29, 0.717) is 30.2 Å². The monoisotopic (exact) mass is 460 g/mol. The first-order chi connectivity index (χ1) is 15.3. The summed E-state index contributed by atoms with van der Waals surface area (Å²) in [6.07, 6.45) is 1.75. The standard InChI is InChI=1S/C22H28N4O5S/c1-25(15-21(27)23-17-5-9-19(31-2)10-6-17)16-22(28)24-18-7-11-20(12-8-18)32(29,30)26-13-3-4-14-26/h5-12H,3-4,13-16H2,1-2H3,(H,23,27)(H,24,28). The van der Waals surface area contributed by atoms with Crippen LogP contribution in [0.1, 0.15) is 12.8 Å². The summed E-state index contributed by atoms with van der Waals surface area (Å²) in [5.74, 6) is 0.139. The predicted octanol–water partition coefficient (Wildman–Crippen LogP) is 1.99. The van der Waals surface area contributed by atoms with Gasteiger partial charge in [0.2, 0.25) is 21.8 Å². The van der Waals surface area contributed by atoms with Gasteiger partial charge in [0, 0.05) is 24.5 Å². The Balaban J connectivity index is 1.47. The summed E-state index contributed by atoms with van der Waals surface area (Å²) in [7, 11) is -0.252. The maximum atomic E-state index is 12.6. The number of benzene rings is 2. The number of nitrogens with one attached hydrogen (secondary N) is 2. The average Bonchev–Trinajstić information content (AvgIpc) is 3.30. The largest absolute Gasteiger partial charge is 0.497 e. The number of rotatable bonds is 9. The molecular formula is C22H28N4O5S. The Labute approximate surface area is 188 Å². The van der Waals surface area contributed by atoms with Crippen LogP contribution in [-0.2, 0) is 19.6 Å². The molecule has 1 heterocycles. The van der Waals surface area contributed by atoms with E-state index in [4.69, 9.17) is 4.74 Å². The van der Waals surface area contributed by atoms with Crippen molar-refractivity contribution < 1.29 is 22.7 Å². The van der Waals surface area contributed by atoms with Gasteiger partial charge in [-0.2, -0.15) is 4.31 Å². The minimum atomic E-state index is -3.49. The van der Waals surface area contributed by atoms with Crippen molar-refractivity contribution in [2.24, 2.45) is 0 Å². The van der Waals surface area contributed by atoms with Crippen LogP contribution in [0.3, 0.4) is 0 Å². The molecule has 2 N–H and O–H groups in total. The Morgan fingerprint density at radius 3 is 1.84 bits per heavy atom. The summed E-state index contributed by atoms with van der Waals surface area (Å²) in [4.78, 5) is 26.3. The highest BCUT2D eigenvalue weighted by Crippen LogP contribution is 2.22. The van der Waals surface area contributed by atoms with Crippen molar-refractivity contribution in [1.82, 2.24) is 9.21 Å². The smallest absolute Gasteiger partial charge is 0.243 e. The summed E-state index contributed by atoms with van der Waals surface area (Å²) in [6.45, 7) is 1.12. The molecular weight excluding hydrogens is 432 g/mol. The van der Waals surface area contributed by atoms with Crippen LogP contribution in [0, 0.1) is 0 Å². The summed E-state index contributed by atoms with van der Waals surface area (Å²) in [6, 6.07) is 13.1. The molecule has 32 heavy (non-hydrogen) atoms. The van der Waals surface area contributed by atoms with Gasteiger partial charge in [0.1, 0.15) is 5.75 Å². The lowest BCUT2D eigenvalue weighted by Crippen LogP contribution is -2.36. The molecule has 0 aliphatic carbocycles.